The van der Waals surface area contributed by atoms with Crippen molar-refractivity contribution >= 4 is 22.5 Å². The normalized spacial score (nSPS) is 10.9. The highest BCUT2D eigenvalue weighted by atomic mass is 19.2. The minimum absolute atomic E-state index is 0.0251. The molecule has 0 spiro atoms. The van der Waals surface area contributed by atoms with Gasteiger partial charge >= 0.3 is 0 Å². The first-order chi connectivity index (χ1) is 12.4. The van der Waals surface area contributed by atoms with Crippen LogP contribution in [-0.2, 0) is 6.54 Å². The quantitative estimate of drug-likeness (QED) is 0.748. The van der Waals surface area contributed by atoms with Gasteiger partial charge in [-0.15, -0.1) is 0 Å². The Balaban J connectivity index is 2.13. The number of para-hydroxylation sites is 1. The van der Waals surface area contributed by atoms with Gasteiger partial charge in [0, 0.05) is 23.7 Å². The second-order valence-electron chi connectivity index (χ2n) is 5.78. The number of hydrogen-bond donors (Lipinski definition) is 2. The van der Waals surface area contributed by atoms with Crippen LogP contribution in [0.5, 0.6) is 5.75 Å². The number of aromatic nitrogens is 1. The first-order valence-electron chi connectivity index (χ1n) is 8.05. The van der Waals surface area contributed by atoms with Crippen LogP contribution < -0.4 is 10.9 Å². The van der Waals surface area contributed by atoms with Gasteiger partial charge in [0.2, 0.25) is 0 Å². The van der Waals surface area contributed by atoms with Gasteiger partial charge in [0.25, 0.3) is 11.5 Å². The van der Waals surface area contributed by atoms with Crippen LogP contribution in [0.3, 0.4) is 0 Å². The van der Waals surface area contributed by atoms with Crippen molar-refractivity contribution in [3.63, 3.8) is 0 Å². The number of benzene rings is 2. The van der Waals surface area contributed by atoms with Gasteiger partial charge in [0.05, 0.1) is 5.52 Å². The molecule has 0 aliphatic rings. The minimum atomic E-state index is -1.13. The van der Waals surface area contributed by atoms with Crippen molar-refractivity contribution in [2.45, 2.75) is 19.9 Å². The zero-order valence-corrected chi connectivity index (χ0v) is 13.9. The Morgan fingerprint density at radius 1 is 1.15 bits per heavy atom. The molecule has 3 aromatic rings. The van der Waals surface area contributed by atoms with Crippen molar-refractivity contribution in [2.75, 3.05) is 5.32 Å². The lowest BCUT2D eigenvalue weighted by Crippen LogP contribution is -2.29. The molecule has 1 amide bonds. The zero-order valence-electron chi connectivity index (χ0n) is 13.9. The molecule has 2 aromatic carbocycles. The van der Waals surface area contributed by atoms with Crippen LogP contribution in [0.4, 0.5) is 14.5 Å². The molecule has 1 heterocycles. The summed E-state index contributed by atoms with van der Waals surface area (Å²) in [6.07, 6.45) is 0.652. The molecule has 0 saturated heterocycles. The van der Waals surface area contributed by atoms with Crippen LogP contribution in [0.1, 0.15) is 23.7 Å². The molecule has 0 saturated carbocycles. The van der Waals surface area contributed by atoms with Gasteiger partial charge in [0.1, 0.15) is 11.3 Å². The number of carbonyl (C=O) groups excluding carboxylic acids is 1. The summed E-state index contributed by atoms with van der Waals surface area (Å²) < 4.78 is 27.8. The fourth-order valence-corrected chi connectivity index (χ4v) is 2.81. The number of hydrogen-bond acceptors (Lipinski definition) is 3. The molecule has 0 unspecified atom stereocenters. The second kappa shape index (κ2) is 6.95. The molecule has 0 radical (unpaired) electrons. The molecular weight excluding hydrogens is 342 g/mol. The highest BCUT2D eigenvalue weighted by Crippen LogP contribution is 2.27. The average Bonchev–Trinajstić information content (AvgIpc) is 2.62. The second-order valence-corrected chi connectivity index (χ2v) is 5.78. The highest BCUT2D eigenvalue weighted by Gasteiger charge is 2.22. The Labute approximate surface area is 147 Å². The summed E-state index contributed by atoms with van der Waals surface area (Å²) >= 11 is 0. The van der Waals surface area contributed by atoms with Crippen molar-refractivity contribution in [1.29, 1.82) is 0 Å². The summed E-state index contributed by atoms with van der Waals surface area (Å²) in [7, 11) is 0. The van der Waals surface area contributed by atoms with E-state index in [2.05, 4.69) is 5.32 Å². The van der Waals surface area contributed by atoms with Crippen LogP contribution in [0.15, 0.2) is 47.3 Å². The zero-order chi connectivity index (χ0) is 18.8. The fourth-order valence-electron chi connectivity index (χ4n) is 2.81. The molecule has 26 heavy (non-hydrogen) atoms. The Morgan fingerprint density at radius 3 is 2.58 bits per heavy atom. The lowest BCUT2D eigenvalue weighted by Gasteiger charge is -2.14. The number of fused-ring (bicyclic) bond motifs is 1. The first kappa shape index (κ1) is 17.6. The summed E-state index contributed by atoms with van der Waals surface area (Å²) in [5.74, 6) is -3.53. The lowest BCUT2D eigenvalue weighted by molar-refractivity contribution is 0.102. The predicted molar refractivity (Wildman–Crippen MR) is 94.5 cm³/mol. The number of anilines is 1. The van der Waals surface area contributed by atoms with E-state index in [1.807, 2.05) is 6.92 Å². The third kappa shape index (κ3) is 3.03. The van der Waals surface area contributed by atoms with Gasteiger partial charge < -0.3 is 15.0 Å². The maximum absolute atomic E-state index is 13.3. The maximum Gasteiger partial charge on any atom is 0.267 e. The van der Waals surface area contributed by atoms with Gasteiger partial charge in [0.15, 0.2) is 11.6 Å². The summed E-state index contributed by atoms with van der Waals surface area (Å²) in [6.45, 7) is 2.25. The molecule has 0 bridgehead atoms. The van der Waals surface area contributed by atoms with Crippen molar-refractivity contribution in [1.82, 2.24) is 4.57 Å². The fraction of sp³-hybridized carbons (Fsp3) is 0.158. The number of rotatable bonds is 4. The van der Waals surface area contributed by atoms with Gasteiger partial charge in [-0.1, -0.05) is 19.1 Å². The number of halogens is 2. The number of aryl methyl sites for hydroxylation is 1. The Kier molecular flexibility index (Phi) is 4.71. The topological polar surface area (TPSA) is 71.3 Å². The van der Waals surface area contributed by atoms with Crippen LogP contribution in [-0.4, -0.2) is 15.6 Å². The molecule has 1 aromatic heterocycles. The smallest absolute Gasteiger partial charge is 0.267 e. The summed E-state index contributed by atoms with van der Waals surface area (Å²) in [6, 6.07) is 9.53. The summed E-state index contributed by atoms with van der Waals surface area (Å²) in [5, 5.41) is 13.1. The molecule has 0 fully saturated rings. The molecule has 134 valence electrons. The van der Waals surface area contributed by atoms with Crippen molar-refractivity contribution < 1.29 is 18.7 Å². The Morgan fingerprint density at radius 2 is 1.88 bits per heavy atom. The van der Waals surface area contributed by atoms with Crippen LogP contribution in [0, 0.1) is 11.6 Å². The molecule has 0 atom stereocenters. The summed E-state index contributed by atoms with van der Waals surface area (Å²) in [4.78, 5) is 25.3. The van der Waals surface area contributed by atoms with E-state index in [9.17, 15) is 23.5 Å². The molecule has 7 heteroatoms. The molecule has 5 nitrogen and oxygen atoms in total. The van der Waals surface area contributed by atoms with Crippen molar-refractivity contribution in [2.24, 2.45) is 0 Å². The number of pyridine rings is 1. The Bertz CT molecular complexity index is 1060. The minimum Gasteiger partial charge on any atom is -0.506 e. The van der Waals surface area contributed by atoms with Gasteiger partial charge in [-0.05, 0) is 30.7 Å². The maximum atomic E-state index is 13.3. The van der Waals surface area contributed by atoms with Crippen LogP contribution >= 0.6 is 0 Å². The highest BCUT2D eigenvalue weighted by molar-refractivity contribution is 6.09. The largest absolute Gasteiger partial charge is 0.506 e. The number of amides is 1. The Hall–Kier alpha value is -3.22. The number of nitrogens with one attached hydrogen (secondary N) is 1. The van der Waals surface area contributed by atoms with Crippen LogP contribution in [0.25, 0.3) is 10.9 Å². The monoisotopic (exact) mass is 358 g/mol. The lowest BCUT2D eigenvalue weighted by atomic mass is 10.1. The van der Waals surface area contributed by atoms with Crippen LogP contribution in [0.2, 0.25) is 0 Å². The molecule has 0 aliphatic carbocycles. The van der Waals surface area contributed by atoms with E-state index in [0.29, 0.717) is 23.9 Å². The van der Waals surface area contributed by atoms with E-state index >= 15 is 0 Å². The van der Waals surface area contributed by atoms with E-state index in [0.717, 1.165) is 12.1 Å². The van der Waals surface area contributed by atoms with E-state index < -0.39 is 34.4 Å². The van der Waals surface area contributed by atoms with Gasteiger partial charge in [-0.25, -0.2) is 8.78 Å². The summed E-state index contributed by atoms with van der Waals surface area (Å²) in [5.41, 5.74) is -0.603. The number of carbonyl (C=O) groups is 1. The molecular formula is C19H16F2N2O3. The van der Waals surface area contributed by atoms with E-state index in [1.165, 1.54) is 10.6 Å². The van der Waals surface area contributed by atoms with Crippen molar-refractivity contribution in [3.8, 4) is 5.75 Å². The van der Waals surface area contributed by atoms with Crippen molar-refractivity contribution in [3.05, 3.63) is 70.0 Å². The van der Waals surface area contributed by atoms with Gasteiger partial charge in [-0.2, -0.15) is 0 Å². The number of nitrogens with zero attached hydrogens (tertiary/aromatic N) is 1. The van der Waals surface area contributed by atoms with E-state index in [4.69, 9.17) is 0 Å². The van der Waals surface area contributed by atoms with E-state index in [-0.39, 0.29) is 5.69 Å². The third-order valence-corrected chi connectivity index (χ3v) is 4.00. The molecule has 3 rings (SSSR count). The first-order valence-corrected chi connectivity index (χ1v) is 8.05. The predicted octanol–water partition coefficient (Wildman–Crippen LogP) is 3.65. The molecule has 0 aliphatic heterocycles. The van der Waals surface area contributed by atoms with Gasteiger partial charge in [-0.3, -0.25) is 9.59 Å². The average molecular weight is 358 g/mol. The molecule has 2 N–H and O–H groups in total. The SMILES string of the molecule is CCCn1c(=O)c(C(=O)Nc2ccc(F)c(F)c2)c(O)c2ccccc21. The van der Waals surface area contributed by atoms with E-state index in [1.54, 1.807) is 24.3 Å². The standard InChI is InChI=1S/C19H16F2N2O3/c1-2-9-23-15-6-4-3-5-12(15)17(24)16(19(23)26)18(25)22-11-7-8-13(20)14(21)10-11/h3-8,10,24H,2,9H2,1H3,(H,22,25). The number of aromatic hydroxyl groups is 1. The third-order valence-electron chi connectivity index (χ3n) is 4.00.